The number of nitrogens with one attached hydrogen (secondary N) is 1. The second kappa shape index (κ2) is 8.22. The molecular formula is C19H26FN3O4. The van der Waals surface area contributed by atoms with Gasteiger partial charge in [-0.1, -0.05) is 12.1 Å². The summed E-state index contributed by atoms with van der Waals surface area (Å²) in [4.78, 5) is 26.7. The smallest absolute Gasteiger partial charge is 0.317 e. The van der Waals surface area contributed by atoms with Crippen LogP contribution in [0, 0.1) is 5.82 Å². The van der Waals surface area contributed by atoms with E-state index in [-0.39, 0.29) is 29.9 Å². The topological polar surface area (TPSA) is 82.1 Å². The van der Waals surface area contributed by atoms with E-state index in [1.54, 1.807) is 29.0 Å². The van der Waals surface area contributed by atoms with Crippen molar-refractivity contribution in [2.24, 2.45) is 0 Å². The Kier molecular flexibility index (Phi) is 5.96. The number of carboxylic acid groups (broad SMARTS) is 1. The molecule has 2 aliphatic rings. The maximum Gasteiger partial charge on any atom is 0.317 e. The van der Waals surface area contributed by atoms with Crippen molar-refractivity contribution in [1.29, 1.82) is 0 Å². The van der Waals surface area contributed by atoms with Gasteiger partial charge in [0.05, 0.1) is 19.3 Å². The van der Waals surface area contributed by atoms with E-state index in [9.17, 15) is 14.0 Å². The zero-order valence-electron chi connectivity index (χ0n) is 15.5. The maximum absolute atomic E-state index is 13.1. The molecule has 27 heavy (non-hydrogen) atoms. The number of hydrogen-bond donors (Lipinski definition) is 2. The lowest BCUT2D eigenvalue weighted by molar-refractivity contribution is -0.138. The fourth-order valence-electron chi connectivity index (χ4n) is 3.54. The fourth-order valence-corrected chi connectivity index (χ4v) is 3.54. The number of likely N-dealkylation sites (N-methyl/N-ethyl adjacent to an activating group) is 1. The largest absolute Gasteiger partial charge is 0.480 e. The van der Waals surface area contributed by atoms with Crippen LogP contribution in [0.25, 0.3) is 0 Å². The van der Waals surface area contributed by atoms with Gasteiger partial charge in [-0.25, -0.2) is 9.18 Å². The van der Waals surface area contributed by atoms with Crippen LogP contribution in [0.3, 0.4) is 0 Å². The number of benzene rings is 1. The quantitative estimate of drug-likeness (QED) is 0.746. The first kappa shape index (κ1) is 19.6. The summed E-state index contributed by atoms with van der Waals surface area (Å²) >= 11 is 0. The summed E-state index contributed by atoms with van der Waals surface area (Å²) in [6.45, 7) is 2.29. The van der Waals surface area contributed by atoms with Gasteiger partial charge in [0.25, 0.3) is 0 Å². The van der Waals surface area contributed by atoms with Crippen LogP contribution in [0.4, 0.5) is 9.18 Å². The number of carbonyl (C=O) groups is 2. The zero-order valence-corrected chi connectivity index (χ0v) is 15.5. The van der Waals surface area contributed by atoms with Gasteiger partial charge in [0.2, 0.25) is 0 Å². The lowest BCUT2D eigenvalue weighted by Gasteiger charge is -2.35. The number of amides is 2. The molecule has 2 fully saturated rings. The lowest BCUT2D eigenvalue weighted by atomic mass is 9.96. The molecule has 1 saturated carbocycles. The van der Waals surface area contributed by atoms with Crippen molar-refractivity contribution >= 4 is 12.0 Å². The third-order valence-electron chi connectivity index (χ3n) is 5.23. The summed E-state index contributed by atoms with van der Waals surface area (Å²) in [6, 6.07) is 6.35. The molecule has 2 amide bonds. The van der Waals surface area contributed by atoms with Crippen LogP contribution in [0.1, 0.15) is 18.4 Å². The van der Waals surface area contributed by atoms with Gasteiger partial charge in [0.15, 0.2) is 0 Å². The van der Waals surface area contributed by atoms with Crippen LogP contribution in [0.5, 0.6) is 0 Å². The summed E-state index contributed by atoms with van der Waals surface area (Å²) in [7, 11) is 1.72. The number of rotatable bonds is 7. The number of aliphatic carboxylic acids is 1. The van der Waals surface area contributed by atoms with Crippen LogP contribution < -0.4 is 5.32 Å². The summed E-state index contributed by atoms with van der Waals surface area (Å²) in [6.07, 6.45) is 1.75. The Morgan fingerprint density at radius 1 is 1.37 bits per heavy atom. The van der Waals surface area contributed by atoms with Crippen molar-refractivity contribution in [2.75, 3.05) is 46.4 Å². The van der Waals surface area contributed by atoms with Gasteiger partial charge >= 0.3 is 12.0 Å². The summed E-state index contributed by atoms with van der Waals surface area (Å²) in [5, 5.41) is 11.8. The highest BCUT2D eigenvalue weighted by atomic mass is 19.1. The van der Waals surface area contributed by atoms with E-state index in [2.05, 4.69) is 5.32 Å². The van der Waals surface area contributed by atoms with E-state index in [1.807, 2.05) is 0 Å². The van der Waals surface area contributed by atoms with Crippen LogP contribution >= 0.6 is 0 Å². The zero-order chi connectivity index (χ0) is 19.4. The van der Waals surface area contributed by atoms with Gasteiger partial charge < -0.3 is 20.1 Å². The van der Waals surface area contributed by atoms with Crippen LogP contribution in [0.15, 0.2) is 24.3 Å². The first-order valence-electron chi connectivity index (χ1n) is 9.19. The molecule has 1 aromatic rings. The molecule has 1 aliphatic carbocycles. The van der Waals surface area contributed by atoms with Crippen molar-refractivity contribution in [1.82, 2.24) is 15.1 Å². The third-order valence-corrected chi connectivity index (χ3v) is 5.23. The van der Waals surface area contributed by atoms with Crippen molar-refractivity contribution in [3.05, 3.63) is 35.6 Å². The van der Waals surface area contributed by atoms with E-state index < -0.39 is 5.97 Å². The highest BCUT2D eigenvalue weighted by Crippen LogP contribution is 2.47. The van der Waals surface area contributed by atoms with Gasteiger partial charge in [-0.2, -0.15) is 0 Å². The number of hydrogen-bond acceptors (Lipinski definition) is 4. The molecule has 0 bridgehead atoms. The van der Waals surface area contributed by atoms with E-state index in [1.165, 1.54) is 12.1 Å². The molecule has 1 unspecified atom stereocenters. The molecule has 1 aliphatic heterocycles. The maximum atomic E-state index is 13.1. The number of nitrogens with zero attached hydrogens (tertiary/aromatic N) is 2. The molecule has 148 valence electrons. The minimum atomic E-state index is -0.890. The fraction of sp³-hybridized carbons (Fsp3) is 0.579. The number of urea groups is 1. The van der Waals surface area contributed by atoms with Crippen molar-refractivity contribution in [3.8, 4) is 0 Å². The predicted molar refractivity (Wildman–Crippen MR) is 97.2 cm³/mol. The van der Waals surface area contributed by atoms with Gasteiger partial charge in [0.1, 0.15) is 5.82 Å². The van der Waals surface area contributed by atoms with Gasteiger partial charge in [-0.05, 0) is 37.6 Å². The molecule has 8 heteroatoms. The standard InChI is InChI=1S/C19H26FN3O4/c1-22(12-17(24)25)10-16-11-23(8-9-27-16)18(26)21-13-19(6-7-19)14-2-4-15(20)5-3-14/h2-5,16H,6-13H2,1H3,(H,21,26)(H,24,25). The molecule has 0 spiro atoms. The third kappa shape index (κ3) is 5.17. The van der Waals surface area contributed by atoms with E-state index in [0.717, 1.165) is 18.4 Å². The normalized spacial score (nSPS) is 21.1. The van der Waals surface area contributed by atoms with E-state index >= 15 is 0 Å². The van der Waals surface area contributed by atoms with Crippen molar-refractivity contribution in [2.45, 2.75) is 24.4 Å². The van der Waals surface area contributed by atoms with Gasteiger partial charge in [0, 0.05) is 31.6 Å². The second-order valence-corrected chi connectivity index (χ2v) is 7.48. The number of halogens is 1. The average Bonchev–Trinajstić information content (AvgIpc) is 3.41. The van der Waals surface area contributed by atoms with Gasteiger partial charge in [-0.15, -0.1) is 0 Å². The Morgan fingerprint density at radius 2 is 2.07 bits per heavy atom. The Balaban J connectivity index is 1.49. The minimum Gasteiger partial charge on any atom is -0.480 e. The molecule has 1 aromatic carbocycles. The Labute approximate surface area is 158 Å². The number of ether oxygens (including phenoxy) is 1. The van der Waals surface area contributed by atoms with Crippen LogP contribution in [-0.2, 0) is 14.9 Å². The molecule has 2 N–H and O–H groups in total. The predicted octanol–water partition coefficient (Wildman–Crippen LogP) is 1.28. The number of carboxylic acids is 1. The number of morpholine rings is 1. The van der Waals surface area contributed by atoms with Crippen LogP contribution in [-0.4, -0.2) is 79.4 Å². The lowest BCUT2D eigenvalue weighted by Crippen LogP contribution is -2.53. The highest BCUT2D eigenvalue weighted by molar-refractivity contribution is 5.74. The first-order chi connectivity index (χ1) is 12.9. The molecule has 1 atom stereocenters. The molecule has 1 heterocycles. The molecule has 1 saturated heterocycles. The molecule has 0 aromatic heterocycles. The Hall–Kier alpha value is -2.19. The van der Waals surface area contributed by atoms with Crippen molar-refractivity contribution in [3.63, 3.8) is 0 Å². The molecule has 3 rings (SSSR count). The first-order valence-corrected chi connectivity index (χ1v) is 9.19. The molecule has 0 radical (unpaired) electrons. The highest BCUT2D eigenvalue weighted by Gasteiger charge is 2.44. The molecule has 7 nitrogen and oxygen atoms in total. The van der Waals surface area contributed by atoms with E-state index in [0.29, 0.717) is 32.8 Å². The van der Waals surface area contributed by atoms with Gasteiger partial charge in [-0.3, -0.25) is 9.69 Å². The second-order valence-electron chi connectivity index (χ2n) is 7.48. The monoisotopic (exact) mass is 379 g/mol. The molecular weight excluding hydrogens is 353 g/mol. The summed E-state index contributed by atoms with van der Waals surface area (Å²) in [5.74, 6) is -1.15. The Bertz CT molecular complexity index is 678. The average molecular weight is 379 g/mol. The minimum absolute atomic E-state index is 0.0632. The number of carbonyl (C=O) groups excluding carboxylic acids is 1. The Morgan fingerprint density at radius 3 is 2.70 bits per heavy atom. The van der Waals surface area contributed by atoms with Crippen LogP contribution in [0.2, 0.25) is 0 Å². The summed E-state index contributed by atoms with van der Waals surface area (Å²) < 4.78 is 18.8. The summed E-state index contributed by atoms with van der Waals surface area (Å²) in [5.41, 5.74) is 0.968. The van der Waals surface area contributed by atoms with Crippen molar-refractivity contribution < 1.29 is 23.8 Å². The van der Waals surface area contributed by atoms with E-state index in [4.69, 9.17) is 9.84 Å². The SMILES string of the molecule is CN(CC(=O)O)CC1CN(C(=O)NCC2(c3ccc(F)cc3)CC2)CCO1.